The monoisotopic (exact) mass is 310 g/mol. The van der Waals surface area contributed by atoms with Gasteiger partial charge in [0.15, 0.2) is 0 Å². The molecule has 0 aliphatic heterocycles. The highest BCUT2D eigenvalue weighted by Gasteiger charge is 2.32. The van der Waals surface area contributed by atoms with Crippen molar-refractivity contribution >= 4 is 0 Å². The molecule has 0 amide bonds. The highest BCUT2D eigenvalue weighted by atomic mass is 19.1. The van der Waals surface area contributed by atoms with E-state index in [1.54, 1.807) is 24.3 Å². The summed E-state index contributed by atoms with van der Waals surface area (Å²) in [5.74, 6) is -0.732. The van der Waals surface area contributed by atoms with Gasteiger partial charge in [-0.2, -0.15) is 0 Å². The summed E-state index contributed by atoms with van der Waals surface area (Å²) in [5.41, 5.74) is 0.704. The molecule has 3 aromatic rings. The number of aliphatic hydroxyl groups is 1. The van der Waals surface area contributed by atoms with Crippen molar-refractivity contribution in [2.24, 2.45) is 0 Å². The van der Waals surface area contributed by atoms with Gasteiger partial charge in [0.1, 0.15) is 17.2 Å². The Kier molecular flexibility index (Phi) is 4.22. The molecule has 0 aromatic heterocycles. The lowest BCUT2D eigenvalue weighted by Crippen LogP contribution is -2.30. The van der Waals surface area contributed by atoms with Crippen molar-refractivity contribution in [2.45, 2.75) is 12.0 Å². The van der Waals surface area contributed by atoms with Crippen molar-refractivity contribution in [1.29, 1.82) is 0 Å². The van der Waals surface area contributed by atoms with Crippen LogP contribution in [0.25, 0.3) is 0 Å². The second-order valence-electron chi connectivity index (χ2n) is 5.54. The summed E-state index contributed by atoms with van der Waals surface area (Å²) in [6.45, 7) is 0. The van der Waals surface area contributed by atoms with E-state index in [0.29, 0.717) is 17.5 Å². The van der Waals surface area contributed by atoms with E-state index in [9.17, 15) is 13.9 Å². The van der Waals surface area contributed by atoms with Crippen molar-refractivity contribution in [2.75, 3.05) is 0 Å². The average Bonchev–Trinajstić information content (AvgIpc) is 2.57. The molecule has 0 spiro atoms. The van der Waals surface area contributed by atoms with Gasteiger partial charge >= 0.3 is 0 Å². The average molecular weight is 310 g/mol. The second kappa shape index (κ2) is 6.31. The van der Waals surface area contributed by atoms with Crippen LogP contribution in [0.1, 0.15) is 16.7 Å². The predicted octanol–water partition coefficient (Wildman–Crippen LogP) is 4.44. The minimum Gasteiger partial charge on any atom is -0.380 e. The third kappa shape index (κ3) is 3.30. The molecule has 0 atom stereocenters. The minimum absolute atomic E-state index is 0.311. The molecule has 0 aliphatic carbocycles. The first-order valence-electron chi connectivity index (χ1n) is 7.36. The van der Waals surface area contributed by atoms with E-state index in [1.807, 2.05) is 30.3 Å². The summed E-state index contributed by atoms with van der Waals surface area (Å²) in [6.07, 6.45) is 0.311. The van der Waals surface area contributed by atoms with Crippen molar-refractivity contribution < 1.29 is 13.9 Å². The van der Waals surface area contributed by atoms with Crippen LogP contribution in [0.15, 0.2) is 78.9 Å². The zero-order chi connectivity index (χ0) is 16.3. The fraction of sp³-hybridized carbons (Fsp3) is 0.100. The smallest absolute Gasteiger partial charge is 0.123 e. The first kappa shape index (κ1) is 15.4. The zero-order valence-corrected chi connectivity index (χ0v) is 12.4. The van der Waals surface area contributed by atoms with E-state index in [2.05, 4.69) is 0 Å². The predicted molar refractivity (Wildman–Crippen MR) is 85.9 cm³/mol. The van der Waals surface area contributed by atoms with Gasteiger partial charge in [0, 0.05) is 6.42 Å². The highest BCUT2D eigenvalue weighted by Crippen LogP contribution is 2.33. The summed E-state index contributed by atoms with van der Waals surface area (Å²) >= 11 is 0. The number of hydrogen-bond acceptors (Lipinski definition) is 1. The molecule has 23 heavy (non-hydrogen) atoms. The van der Waals surface area contributed by atoms with Crippen molar-refractivity contribution in [3.8, 4) is 0 Å². The normalized spacial score (nSPS) is 11.4. The first-order chi connectivity index (χ1) is 11.1. The van der Waals surface area contributed by atoms with E-state index in [0.717, 1.165) is 5.56 Å². The van der Waals surface area contributed by atoms with Gasteiger partial charge in [0.25, 0.3) is 0 Å². The van der Waals surface area contributed by atoms with Crippen LogP contribution in [-0.2, 0) is 12.0 Å². The van der Waals surface area contributed by atoms with Crippen molar-refractivity contribution in [3.05, 3.63) is 107 Å². The number of rotatable bonds is 4. The molecule has 116 valence electrons. The molecule has 3 heteroatoms. The maximum atomic E-state index is 13.2. The molecular formula is C20H16F2O. The number of halogens is 2. The van der Waals surface area contributed by atoms with Crippen LogP contribution in [0.3, 0.4) is 0 Å². The molecule has 0 radical (unpaired) electrons. The van der Waals surface area contributed by atoms with Gasteiger partial charge in [-0.15, -0.1) is 0 Å². The largest absolute Gasteiger partial charge is 0.380 e. The van der Waals surface area contributed by atoms with Crippen LogP contribution in [0.4, 0.5) is 8.78 Å². The molecule has 0 unspecified atom stereocenters. The maximum Gasteiger partial charge on any atom is 0.123 e. The molecule has 0 bridgehead atoms. The van der Waals surface area contributed by atoms with Crippen LogP contribution in [0.5, 0.6) is 0 Å². The van der Waals surface area contributed by atoms with Gasteiger partial charge < -0.3 is 5.11 Å². The Morgan fingerprint density at radius 2 is 1.09 bits per heavy atom. The van der Waals surface area contributed by atoms with Crippen LogP contribution in [0.2, 0.25) is 0 Å². The van der Waals surface area contributed by atoms with E-state index in [4.69, 9.17) is 0 Å². The van der Waals surface area contributed by atoms with Gasteiger partial charge in [-0.25, -0.2) is 8.78 Å². The van der Waals surface area contributed by atoms with Crippen LogP contribution < -0.4 is 0 Å². The van der Waals surface area contributed by atoms with Crippen LogP contribution in [0, 0.1) is 11.6 Å². The van der Waals surface area contributed by atoms with Gasteiger partial charge in [-0.05, 0) is 41.0 Å². The lowest BCUT2D eigenvalue weighted by molar-refractivity contribution is 0.0810. The summed E-state index contributed by atoms with van der Waals surface area (Å²) in [6, 6.07) is 21.0. The highest BCUT2D eigenvalue weighted by molar-refractivity contribution is 5.38. The van der Waals surface area contributed by atoms with E-state index in [-0.39, 0.29) is 11.6 Å². The summed E-state index contributed by atoms with van der Waals surface area (Å²) in [4.78, 5) is 0. The van der Waals surface area contributed by atoms with Crippen molar-refractivity contribution in [3.63, 3.8) is 0 Å². The maximum absolute atomic E-state index is 13.2. The lowest BCUT2D eigenvalue weighted by atomic mass is 9.81. The molecule has 0 fully saturated rings. The number of benzene rings is 3. The van der Waals surface area contributed by atoms with E-state index < -0.39 is 5.60 Å². The molecule has 0 aliphatic rings. The molecule has 0 saturated heterocycles. The van der Waals surface area contributed by atoms with E-state index in [1.165, 1.54) is 24.3 Å². The first-order valence-corrected chi connectivity index (χ1v) is 7.36. The van der Waals surface area contributed by atoms with Gasteiger partial charge in [0.2, 0.25) is 0 Å². The Balaban J connectivity index is 2.08. The summed E-state index contributed by atoms with van der Waals surface area (Å²) in [5, 5.41) is 11.3. The van der Waals surface area contributed by atoms with Gasteiger partial charge in [-0.1, -0.05) is 54.6 Å². The SMILES string of the molecule is OC(Cc1ccccc1)(c1ccc(F)cc1)c1ccc(F)cc1. The van der Waals surface area contributed by atoms with E-state index >= 15 is 0 Å². The zero-order valence-electron chi connectivity index (χ0n) is 12.4. The summed E-state index contributed by atoms with van der Waals surface area (Å²) < 4.78 is 26.5. The second-order valence-corrected chi connectivity index (χ2v) is 5.54. The third-order valence-corrected chi connectivity index (χ3v) is 3.95. The quantitative estimate of drug-likeness (QED) is 0.755. The van der Waals surface area contributed by atoms with Gasteiger partial charge in [-0.3, -0.25) is 0 Å². The van der Waals surface area contributed by atoms with Gasteiger partial charge in [0.05, 0.1) is 0 Å². The minimum atomic E-state index is -1.36. The Bertz CT molecular complexity index is 720. The lowest BCUT2D eigenvalue weighted by Gasteiger charge is -2.30. The Hall–Kier alpha value is -2.52. The molecule has 1 N–H and O–H groups in total. The fourth-order valence-corrected chi connectivity index (χ4v) is 2.71. The molecule has 0 heterocycles. The Labute approximate surface area is 133 Å². The van der Waals surface area contributed by atoms with Crippen LogP contribution >= 0.6 is 0 Å². The molecule has 1 nitrogen and oxygen atoms in total. The standard InChI is InChI=1S/C20H16F2O/c21-18-10-6-16(7-11-18)20(23,14-15-4-2-1-3-5-15)17-8-12-19(22)13-9-17/h1-13,23H,14H2. The Morgan fingerprint density at radius 3 is 1.52 bits per heavy atom. The molecule has 3 aromatic carbocycles. The summed E-state index contributed by atoms with van der Waals surface area (Å²) in [7, 11) is 0. The molecule has 3 rings (SSSR count). The van der Waals surface area contributed by atoms with Crippen molar-refractivity contribution in [1.82, 2.24) is 0 Å². The fourth-order valence-electron chi connectivity index (χ4n) is 2.71. The Morgan fingerprint density at radius 1 is 0.652 bits per heavy atom. The molecule has 0 saturated carbocycles. The third-order valence-electron chi connectivity index (χ3n) is 3.95. The number of hydrogen-bond donors (Lipinski definition) is 1. The van der Waals surface area contributed by atoms with Crippen LogP contribution in [-0.4, -0.2) is 5.11 Å². The molecular weight excluding hydrogens is 294 g/mol. The topological polar surface area (TPSA) is 20.2 Å².